The zero-order chi connectivity index (χ0) is 20.6. The highest BCUT2D eigenvalue weighted by Crippen LogP contribution is 2.38. The van der Waals surface area contributed by atoms with Crippen LogP contribution < -0.4 is 10.6 Å². The summed E-state index contributed by atoms with van der Waals surface area (Å²) in [6.45, 7) is 12.4. The van der Waals surface area contributed by atoms with Crippen LogP contribution in [0.2, 0.25) is 0 Å². The SMILES string of the molecule is CC1Cc2nc3c(cc2N1)CC(C(C)(C)C)CC3.CCCCCCCNC=O. The number of rotatable bonds is 7. The highest BCUT2D eigenvalue weighted by molar-refractivity contribution is 5.56. The van der Waals surface area contributed by atoms with Crippen LogP contribution in [0.15, 0.2) is 6.07 Å². The van der Waals surface area contributed by atoms with Crippen molar-refractivity contribution in [3.8, 4) is 0 Å². The molecule has 1 aromatic heterocycles. The second-order valence-electron chi connectivity index (χ2n) is 9.63. The van der Waals surface area contributed by atoms with Gasteiger partial charge in [-0.15, -0.1) is 0 Å². The number of amides is 1. The van der Waals surface area contributed by atoms with Crippen LogP contribution in [0.4, 0.5) is 5.69 Å². The van der Waals surface area contributed by atoms with E-state index in [0.29, 0.717) is 11.5 Å². The van der Waals surface area contributed by atoms with Gasteiger partial charge >= 0.3 is 0 Å². The van der Waals surface area contributed by atoms with Crippen LogP contribution in [0, 0.1) is 11.3 Å². The molecule has 4 nitrogen and oxygen atoms in total. The van der Waals surface area contributed by atoms with Gasteiger partial charge in [0.15, 0.2) is 0 Å². The Bertz CT molecular complexity index is 621. The van der Waals surface area contributed by atoms with Gasteiger partial charge in [-0.3, -0.25) is 9.78 Å². The van der Waals surface area contributed by atoms with Gasteiger partial charge in [0.2, 0.25) is 6.41 Å². The summed E-state index contributed by atoms with van der Waals surface area (Å²) >= 11 is 0. The first kappa shape index (κ1) is 22.7. The summed E-state index contributed by atoms with van der Waals surface area (Å²) in [5.74, 6) is 0.795. The van der Waals surface area contributed by atoms with Crippen molar-refractivity contribution in [3.05, 3.63) is 23.0 Å². The molecule has 0 radical (unpaired) electrons. The number of carbonyl (C=O) groups excluding carboxylic acids is 1. The minimum atomic E-state index is 0.414. The molecule has 2 N–H and O–H groups in total. The first-order valence-electron chi connectivity index (χ1n) is 11.3. The molecule has 1 aliphatic carbocycles. The Morgan fingerprint density at radius 3 is 2.61 bits per heavy atom. The van der Waals surface area contributed by atoms with Crippen molar-refractivity contribution >= 4 is 12.1 Å². The van der Waals surface area contributed by atoms with Gasteiger partial charge in [0.1, 0.15) is 0 Å². The average molecular weight is 388 g/mol. The number of carbonyl (C=O) groups is 1. The molecule has 158 valence electrons. The summed E-state index contributed by atoms with van der Waals surface area (Å²) in [6.07, 6.45) is 11.8. The lowest BCUT2D eigenvalue weighted by molar-refractivity contribution is -0.109. The topological polar surface area (TPSA) is 54.0 Å². The Balaban J connectivity index is 0.000000242. The van der Waals surface area contributed by atoms with Crippen LogP contribution in [-0.4, -0.2) is 24.0 Å². The molecular formula is C24H41N3O. The van der Waals surface area contributed by atoms with Crippen LogP contribution in [0.3, 0.4) is 0 Å². The molecule has 0 saturated carbocycles. The van der Waals surface area contributed by atoms with E-state index in [0.717, 1.165) is 31.7 Å². The number of hydrogen-bond acceptors (Lipinski definition) is 3. The first-order chi connectivity index (χ1) is 13.3. The molecule has 1 aliphatic heterocycles. The summed E-state index contributed by atoms with van der Waals surface area (Å²) < 4.78 is 0. The predicted molar refractivity (Wildman–Crippen MR) is 119 cm³/mol. The second-order valence-corrected chi connectivity index (χ2v) is 9.63. The normalized spacial score (nSPS) is 20.3. The van der Waals surface area contributed by atoms with E-state index in [-0.39, 0.29) is 0 Å². The third-order valence-corrected chi connectivity index (χ3v) is 6.10. The van der Waals surface area contributed by atoms with Crippen molar-refractivity contribution in [1.82, 2.24) is 10.3 Å². The Kier molecular flexibility index (Phi) is 8.78. The lowest BCUT2D eigenvalue weighted by Gasteiger charge is -2.34. The highest BCUT2D eigenvalue weighted by Gasteiger charge is 2.30. The second kappa shape index (κ2) is 10.8. The molecule has 4 heteroatoms. The van der Waals surface area contributed by atoms with E-state index >= 15 is 0 Å². The fourth-order valence-electron chi connectivity index (χ4n) is 4.22. The molecule has 0 saturated heterocycles. The van der Waals surface area contributed by atoms with Gasteiger partial charge in [0, 0.05) is 24.7 Å². The summed E-state index contributed by atoms with van der Waals surface area (Å²) in [4.78, 5) is 14.7. The van der Waals surface area contributed by atoms with Gasteiger partial charge in [-0.05, 0) is 55.6 Å². The summed E-state index contributed by atoms with van der Waals surface area (Å²) in [5, 5.41) is 6.18. The van der Waals surface area contributed by atoms with Crippen LogP contribution in [0.5, 0.6) is 0 Å². The van der Waals surface area contributed by atoms with Crippen LogP contribution in [0.25, 0.3) is 0 Å². The maximum atomic E-state index is 9.78. The van der Waals surface area contributed by atoms with E-state index in [1.54, 1.807) is 0 Å². The number of aromatic nitrogens is 1. The third kappa shape index (κ3) is 6.79. The molecule has 0 aromatic carbocycles. The van der Waals surface area contributed by atoms with E-state index in [2.05, 4.69) is 51.3 Å². The van der Waals surface area contributed by atoms with Gasteiger partial charge in [-0.1, -0.05) is 53.4 Å². The lowest BCUT2D eigenvalue weighted by Crippen LogP contribution is -2.27. The first-order valence-corrected chi connectivity index (χ1v) is 11.3. The standard InChI is InChI=1S/C16H24N2.C8H17NO/c1-10-7-14-15(17-10)9-11-8-12(16(2,3)4)5-6-13(11)18-14;1-2-3-4-5-6-7-9-8-10/h9-10,12,17H,5-8H2,1-4H3;8H,2-7H2,1H3,(H,9,10). The molecule has 1 aromatic rings. The van der Waals surface area contributed by atoms with E-state index in [9.17, 15) is 4.79 Å². The third-order valence-electron chi connectivity index (χ3n) is 6.10. The van der Waals surface area contributed by atoms with Crippen LogP contribution >= 0.6 is 0 Å². The van der Waals surface area contributed by atoms with Gasteiger partial charge in [0.25, 0.3) is 0 Å². The quantitative estimate of drug-likeness (QED) is 0.493. The van der Waals surface area contributed by atoms with Gasteiger partial charge in [-0.2, -0.15) is 0 Å². The molecule has 2 atom stereocenters. The summed E-state index contributed by atoms with van der Waals surface area (Å²) in [5.41, 5.74) is 5.84. The Labute approximate surface area is 172 Å². The van der Waals surface area contributed by atoms with Crippen molar-refractivity contribution in [3.63, 3.8) is 0 Å². The number of anilines is 1. The molecule has 3 rings (SSSR count). The molecule has 0 fully saturated rings. The van der Waals surface area contributed by atoms with E-state index in [4.69, 9.17) is 4.98 Å². The predicted octanol–water partition coefficient (Wildman–Crippen LogP) is 5.29. The molecule has 0 spiro atoms. The lowest BCUT2D eigenvalue weighted by atomic mass is 9.71. The smallest absolute Gasteiger partial charge is 0.207 e. The molecule has 0 bridgehead atoms. The summed E-state index contributed by atoms with van der Waals surface area (Å²) in [6, 6.07) is 2.92. The van der Waals surface area contributed by atoms with Crippen LogP contribution in [-0.2, 0) is 24.1 Å². The molecule has 2 aliphatic rings. The average Bonchev–Trinajstić information content (AvgIpc) is 3.00. The maximum absolute atomic E-state index is 9.78. The molecule has 1 amide bonds. The van der Waals surface area contributed by atoms with E-state index in [1.165, 1.54) is 67.6 Å². The zero-order valence-corrected chi connectivity index (χ0v) is 18.7. The number of pyridine rings is 1. The van der Waals surface area contributed by atoms with Crippen molar-refractivity contribution in [2.75, 3.05) is 11.9 Å². The Hall–Kier alpha value is -1.58. The molecular weight excluding hydrogens is 346 g/mol. The maximum Gasteiger partial charge on any atom is 0.207 e. The largest absolute Gasteiger partial charge is 0.381 e. The Morgan fingerprint density at radius 1 is 1.18 bits per heavy atom. The van der Waals surface area contributed by atoms with Crippen molar-refractivity contribution in [1.29, 1.82) is 0 Å². The number of nitrogens with zero attached hydrogens (tertiary/aromatic N) is 1. The monoisotopic (exact) mass is 387 g/mol. The number of hydrogen-bond donors (Lipinski definition) is 2. The van der Waals surface area contributed by atoms with Gasteiger partial charge in [0.05, 0.1) is 11.4 Å². The molecule has 2 unspecified atom stereocenters. The highest BCUT2D eigenvalue weighted by atomic mass is 16.1. The minimum absolute atomic E-state index is 0.414. The fourth-order valence-corrected chi connectivity index (χ4v) is 4.22. The number of unbranched alkanes of at least 4 members (excludes halogenated alkanes) is 4. The Morgan fingerprint density at radius 2 is 1.93 bits per heavy atom. The zero-order valence-electron chi connectivity index (χ0n) is 18.7. The number of fused-ring (bicyclic) bond motifs is 2. The fraction of sp³-hybridized carbons (Fsp3) is 0.750. The number of nitrogens with one attached hydrogen (secondary N) is 2. The van der Waals surface area contributed by atoms with Gasteiger partial charge in [-0.25, -0.2) is 0 Å². The van der Waals surface area contributed by atoms with Crippen molar-refractivity contribution < 1.29 is 4.79 Å². The summed E-state index contributed by atoms with van der Waals surface area (Å²) in [7, 11) is 0. The molecule has 28 heavy (non-hydrogen) atoms. The minimum Gasteiger partial charge on any atom is -0.381 e. The van der Waals surface area contributed by atoms with Crippen molar-refractivity contribution in [2.24, 2.45) is 11.3 Å². The van der Waals surface area contributed by atoms with Crippen molar-refractivity contribution in [2.45, 2.75) is 98.4 Å². The molecule has 2 heterocycles. The van der Waals surface area contributed by atoms with Crippen LogP contribution in [0.1, 0.15) is 90.1 Å². The van der Waals surface area contributed by atoms with E-state index < -0.39 is 0 Å². The van der Waals surface area contributed by atoms with Gasteiger partial charge < -0.3 is 10.6 Å². The number of aryl methyl sites for hydroxylation is 1. The van der Waals surface area contributed by atoms with E-state index in [1.807, 2.05) is 0 Å².